The van der Waals surface area contributed by atoms with Crippen molar-refractivity contribution in [2.45, 2.75) is 19.9 Å². The van der Waals surface area contributed by atoms with Gasteiger partial charge in [-0.3, -0.25) is 4.79 Å². The van der Waals surface area contributed by atoms with Gasteiger partial charge in [-0.25, -0.2) is 0 Å². The molecule has 1 aromatic carbocycles. The number of rotatable bonds is 5. The van der Waals surface area contributed by atoms with E-state index in [1.165, 1.54) is 0 Å². The quantitative estimate of drug-likeness (QED) is 0.734. The molecule has 0 saturated carbocycles. The predicted octanol–water partition coefficient (Wildman–Crippen LogP) is 3.00. The second-order valence-corrected chi connectivity index (χ2v) is 5.01. The van der Waals surface area contributed by atoms with Crippen molar-refractivity contribution in [2.75, 3.05) is 24.0 Å². The minimum atomic E-state index is 0.427. The molecule has 1 unspecified atom stereocenters. The molecule has 0 saturated heterocycles. The Hall–Kier alpha value is -0.960. The molecular formula is C13H19NOS. The van der Waals surface area contributed by atoms with Crippen molar-refractivity contribution < 1.29 is 4.79 Å². The van der Waals surface area contributed by atoms with Crippen molar-refractivity contribution >= 4 is 23.7 Å². The Bertz CT molecular complexity index is 365. The number of carbonyl (C=O) groups is 1. The lowest BCUT2D eigenvalue weighted by molar-refractivity contribution is 0.112. The molecule has 1 aromatic rings. The highest BCUT2D eigenvalue weighted by atomic mass is 32.2. The van der Waals surface area contributed by atoms with Gasteiger partial charge in [0.15, 0.2) is 6.29 Å². The highest BCUT2D eigenvalue weighted by molar-refractivity contribution is 7.98. The Balaban J connectivity index is 2.98. The highest BCUT2D eigenvalue weighted by Crippen LogP contribution is 2.22. The molecule has 0 fully saturated rings. The number of aryl methyl sites for hydroxylation is 1. The third-order valence-corrected chi connectivity index (χ3v) is 3.57. The van der Waals surface area contributed by atoms with Crippen molar-refractivity contribution in [1.82, 2.24) is 0 Å². The highest BCUT2D eigenvalue weighted by Gasteiger charge is 2.12. The molecule has 0 N–H and O–H groups in total. The molecule has 1 rings (SSSR count). The van der Waals surface area contributed by atoms with Gasteiger partial charge >= 0.3 is 0 Å². The van der Waals surface area contributed by atoms with E-state index >= 15 is 0 Å². The van der Waals surface area contributed by atoms with Crippen molar-refractivity contribution in [3.05, 3.63) is 29.3 Å². The number of hydrogen-bond acceptors (Lipinski definition) is 3. The van der Waals surface area contributed by atoms with E-state index in [0.29, 0.717) is 6.04 Å². The first-order valence-electron chi connectivity index (χ1n) is 5.37. The summed E-state index contributed by atoms with van der Waals surface area (Å²) in [5, 5.41) is 0. The SMILES string of the molecule is CSCC(C)N(C)c1ccc(C)cc1C=O. The van der Waals surface area contributed by atoms with Crippen molar-refractivity contribution in [1.29, 1.82) is 0 Å². The zero-order valence-corrected chi connectivity index (χ0v) is 11.2. The van der Waals surface area contributed by atoms with Gasteiger partial charge in [0, 0.05) is 30.1 Å². The largest absolute Gasteiger partial charge is 0.370 e. The van der Waals surface area contributed by atoms with Crippen molar-refractivity contribution in [3.63, 3.8) is 0 Å². The van der Waals surface area contributed by atoms with Crippen LogP contribution in [0.2, 0.25) is 0 Å². The van der Waals surface area contributed by atoms with Crippen LogP contribution in [0.5, 0.6) is 0 Å². The number of thioether (sulfide) groups is 1. The summed E-state index contributed by atoms with van der Waals surface area (Å²) in [6, 6.07) is 6.43. The minimum absolute atomic E-state index is 0.427. The molecule has 0 aliphatic carbocycles. The maximum Gasteiger partial charge on any atom is 0.152 e. The second-order valence-electron chi connectivity index (χ2n) is 4.10. The Labute approximate surface area is 102 Å². The molecule has 16 heavy (non-hydrogen) atoms. The zero-order chi connectivity index (χ0) is 12.1. The summed E-state index contributed by atoms with van der Waals surface area (Å²) in [5.41, 5.74) is 2.91. The molecule has 3 heteroatoms. The van der Waals surface area contributed by atoms with Crippen LogP contribution in [0.15, 0.2) is 18.2 Å². The normalized spacial score (nSPS) is 12.2. The van der Waals surface area contributed by atoms with E-state index in [1.54, 1.807) is 0 Å². The first-order chi connectivity index (χ1) is 7.60. The fraction of sp³-hybridized carbons (Fsp3) is 0.462. The molecular weight excluding hydrogens is 218 g/mol. The zero-order valence-electron chi connectivity index (χ0n) is 10.4. The molecule has 0 radical (unpaired) electrons. The summed E-state index contributed by atoms with van der Waals surface area (Å²) in [5.74, 6) is 1.06. The first kappa shape index (κ1) is 13.1. The maximum absolute atomic E-state index is 11.0. The van der Waals surface area contributed by atoms with E-state index < -0.39 is 0 Å². The molecule has 0 heterocycles. The molecule has 0 spiro atoms. The average Bonchev–Trinajstić information content (AvgIpc) is 2.28. The minimum Gasteiger partial charge on any atom is -0.370 e. The van der Waals surface area contributed by atoms with Gasteiger partial charge in [-0.1, -0.05) is 11.6 Å². The summed E-state index contributed by atoms with van der Waals surface area (Å²) in [6.07, 6.45) is 3.03. The van der Waals surface area contributed by atoms with E-state index in [1.807, 2.05) is 43.9 Å². The van der Waals surface area contributed by atoms with Crippen LogP contribution in [0.1, 0.15) is 22.8 Å². The van der Waals surface area contributed by atoms with Crippen LogP contribution in [0.25, 0.3) is 0 Å². The number of carbonyl (C=O) groups excluding carboxylic acids is 1. The number of aldehydes is 1. The number of benzene rings is 1. The number of hydrogen-bond donors (Lipinski definition) is 0. The Morgan fingerprint density at radius 2 is 2.19 bits per heavy atom. The van der Waals surface area contributed by atoms with Gasteiger partial charge < -0.3 is 4.90 Å². The van der Waals surface area contributed by atoms with Gasteiger partial charge in [-0.2, -0.15) is 11.8 Å². The lowest BCUT2D eigenvalue weighted by atomic mass is 10.1. The van der Waals surface area contributed by atoms with Gasteiger partial charge in [0.05, 0.1) is 0 Å². The van der Waals surface area contributed by atoms with Crippen molar-refractivity contribution in [3.8, 4) is 0 Å². The summed E-state index contributed by atoms with van der Waals surface area (Å²) in [4.78, 5) is 13.2. The Morgan fingerprint density at radius 3 is 2.75 bits per heavy atom. The van der Waals surface area contributed by atoms with E-state index in [2.05, 4.69) is 18.1 Å². The van der Waals surface area contributed by atoms with E-state index in [0.717, 1.165) is 28.9 Å². The molecule has 1 atom stereocenters. The van der Waals surface area contributed by atoms with Gasteiger partial charge in [-0.15, -0.1) is 0 Å². The van der Waals surface area contributed by atoms with Crippen LogP contribution in [-0.2, 0) is 0 Å². The van der Waals surface area contributed by atoms with E-state index in [4.69, 9.17) is 0 Å². The van der Waals surface area contributed by atoms with E-state index in [9.17, 15) is 4.79 Å². The Kier molecular flexibility index (Phi) is 4.87. The van der Waals surface area contributed by atoms with Crippen LogP contribution in [0.4, 0.5) is 5.69 Å². The number of anilines is 1. The summed E-state index contributed by atoms with van der Waals surface area (Å²) in [7, 11) is 2.04. The molecule has 88 valence electrons. The molecule has 0 aromatic heterocycles. The van der Waals surface area contributed by atoms with Gasteiger partial charge in [0.1, 0.15) is 0 Å². The van der Waals surface area contributed by atoms with Crippen molar-refractivity contribution in [2.24, 2.45) is 0 Å². The van der Waals surface area contributed by atoms with Crippen LogP contribution in [0, 0.1) is 6.92 Å². The average molecular weight is 237 g/mol. The first-order valence-corrected chi connectivity index (χ1v) is 6.77. The lowest BCUT2D eigenvalue weighted by Crippen LogP contribution is -2.31. The topological polar surface area (TPSA) is 20.3 Å². The molecule has 0 amide bonds. The number of nitrogens with zero attached hydrogens (tertiary/aromatic N) is 1. The smallest absolute Gasteiger partial charge is 0.152 e. The molecule has 0 bridgehead atoms. The molecule has 0 aliphatic rings. The molecule has 2 nitrogen and oxygen atoms in total. The van der Waals surface area contributed by atoms with Crippen LogP contribution >= 0.6 is 11.8 Å². The molecule has 0 aliphatic heterocycles. The third-order valence-electron chi connectivity index (χ3n) is 2.76. The lowest BCUT2D eigenvalue weighted by Gasteiger charge is -2.27. The van der Waals surface area contributed by atoms with Crippen LogP contribution in [-0.4, -0.2) is 31.4 Å². The monoisotopic (exact) mass is 237 g/mol. The summed E-state index contributed by atoms with van der Waals surface area (Å²) >= 11 is 1.82. The Morgan fingerprint density at radius 1 is 1.50 bits per heavy atom. The third kappa shape index (κ3) is 3.01. The van der Waals surface area contributed by atoms with Gasteiger partial charge in [0.25, 0.3) is 0 Å². The van der Waals surface area contributed by atoms with Crippen LogP contribution < -0.4 is 4.90 Å². The van der Waals surface area contributed by atoms with E-state index in [-0.39, 0.29) is 0 Å². The predicted molar refractivity (Wildman–Crippen MR) is 72.8 cm³/mol. The van der Waals surface area contributed by atoms with Gasteiger partial charge in [-0.05, 0) is 32.2 Å². The standard InChI is InChI=1S/C13H19NOS/c1-10-5-6-13(12(7-10)8-15)14(3)11(2)9-16-4/h5-8,11H,9H2,1-4H3. The fourth-order valence-electron chi connectivity index (χ4n) is 1.68. The second kappa shape index (κ2) is 5.94. The fourth-order valence-corrected chi connectivity index (χ4v) is 2.39. The van der Waals surface area contributed by atoms with Gasteiger partial charge in [0.2, 0.25) is 0 Å². The maximum atomic E-state index is 11.0. The summed E-state index contributed by atoms with van der Waals surface area (Å²) in [6.45, 7) is 4.17. The van der Waals surface area contributed by atoms with Crippen LogP contribution in [0.3, 0.4) is 0 Å². The summed E-state index contributed by atoms with van der Waals surface area (Å²) < 4.78 is 0.